The molecule has 0 aromatic heterocycles. The summed E-state index contributed by atoms with van der Waals surface area (Å²) in [5.41, 5.74) is 1.95. The lowest BCUT2D eigenvalue weighted by atomic mass is 9.98. The van der Waals surface area contributed by atoms with E-state index < -0.39 is 0 Å². The van der Waals surface area contributed by atoms with Crippen molar-refractivity contribution in [2.75, 3.05) is 0 Å². The fourth-order valence-electron chi connectivity index (χ4n) is 2.19. The number of benzene rings is 2. The Morgan fingerprint density at radius 3 is 2.10 bits per heavy atom. The summed E-state index contributed by atoms with van der Waals surface area (Å²) >= 11 is 0. The van der Waals surface area contributed by atoms with Crippen molar-refractivity contribution < 1.29 is 4.79 Å². The minimum atomic E-state index is -0.381. The highest BCUT2D eigenvalue weighted by atomic mass is 16.3. The zero-order chi connectivity index (χ0) is 14.4. The summed E-state index contributed by atoms with van der Waals surface area (Å²) in [6.07, 6.45) is 0.552. The first-order chi connectivity index (χ1) is 9.72. The smallest absolute Gasteiger partial charge is 0.242 e. The summed E-state index contributed by atoms with van der Waals surface area (Å²) in [5, 5.41) is 3.90. The average molecular weight is 268 g/mol. The van der Waals surface area contributed by atoms with Crippen LogP contribution in [0.4, 0.5) is 0 Å². The molecule has 1 amide bonds. The molecule has 0 spiro atoms. The van der Waals surface area contributed by atoms with Gasteiger partial charge >= 0.3 is 0 Å². The van der Waals surface area contributed by atoms with Crippen LogP contribution in [0.1, 0.15) is 24.1 Å². The number of hydrogen-bond donors (Lipinski definition) is 0. The van der Waals surface area contributed by atoms with Gasteiger partial charge in [0, 0.05) is 6.92 Å². The van der Waals surface area contributed by atoms with E-state index in [1.807, 2.05) is 60.7 Å². The molecule has 0 bridgehead atoms. The van der Waals surface area contributed by atoms with Crippen molar-refractivity contribution in [3.05, 3.63) is 76.7 Å². The zero-order valence-corrected chi connectivity index (χ0v) is 11.3. The lowest BCUT2D eigenvalue weighted by molar-refractivity contribution is -0.131. The molecule has 0 aliphatic carbocycles. The Hall–Kier alpha value is -2.49. The molecular formula is C16H16N2O2. The third-order valence-electron chi connectivity index (χ3n) is 3.16. The fourth-order valence-corrected chi connectivity index (χ4v) is 2.19. The number of hydrogen-bond acceptors (Lipinski definition) is 3. The summed E-state index contributed by atoms with van der Waals surface area (Å²) in [7, 11) is 0. The van der Waals surface area contributed by atoms with Crippen molar-refractivity contribution in [3.63, 3.8) is 0 Å². The van der Waals surface area contributed by atoms with Gasteiger partial charge in [-0.05, 0) is 17.5 Å². The molecule has 2 aromatic rings. The molecule has 0 aliphatic rings. The summed E-state index contributed by atoms with van der Waals surface area (Å²) in [5.74, 6) is -0.357. The minimum Gasteiger partial charge on any atom is -0.273 e. The maximum atomic E-state index is 11.6. The van der Waals surface area contributed by atoms with Gasteiger partial charge in [0.25, 0.3) is 0 Å². The monoisotopic (exact) mass is 268 g/mol. The number of nitroso groups, excluding NO2 is 1. The summed E-state index contributed by atoms with van der Waals surface area (Å²) < 4.78 is 0. The third kappa shape index (κ3) is 3.29. The van der Waals surface area contributed by atoms with E-state index in [4.69, 9.17) is 0 Å². The van der Waals surface area contributed by atoms with Crippen LogP contribution in [0.15, 0.2) is 65.9 Å². The molecule has 2 rings (SSSR count). The van der Waals surface area contributed by atoms with E-state index in [1.165, 1.54) is 6.92 Å². The Morgan fingerprint density at radius 2 is 1.60 bits per heavy atom. The first kappa shape index (κ1) is 13.9. The number of amides is 1. The predicted octanol–water partition coefficient (Wildman–Crippen LogP) is 3.50. The normalized spacial score (nSPS) is 11.7. The van der Waals surface area contributed by atoms with Crippen LogP contribution in [0.3, 0.4) is 0 Å². The molecule has 0 aliphatic heterocycles. The molecule has 2 aromatic carbocycles. The molecule has 4 heteroatoms. The van der Waals surface area contributed by atoms with Crippen LogP contribution >= 0.6 is 0 Å². The molecule has 1 atom stereocenters. The van der Waals surface area contributed by atoms with E-state index in [-0.39, 0.29) is 11.9 Å². The van der Waals surface area contributed by atoms with Crippen LogP contribution in [0.5, 0.6) is 0 Å². The van der Waals surface area contributed by atoms with Crippen molar-refractivity contribution in [2.45, 2.75) is 19.4 Å². The summed E-state index contributed by atoms with van der Waals surface area (Å²) in [6, 6.07) is 18.8. The van der Waals surface area contributed by atoms with E-state index >= 15 is 0 Å². The largest absolute Gasteiger partial charge is 0.273 e. The maximum absolute atomic E-state index is 11.6. The highest BCUT2D eigenvalue weighted by molar-refractivity contribution is 5.73. The van der Waals surface area contributed by atoms with Crippen LogP contribution in [-0.2, 0) is 11.2 Å². The van der Waals surface area contributed by atoms with Gasteiger partial charge in [-0.3, -0.25) is 4.79 Å². The lowest BCUT2D eigenvalue weighted by Gasteiger charge is -2.24. The van der Waals surface area contributed by atoms with Gasteiger partial charge < -0.3 is 0 Å². The number of carbonyl (C=O) groups is 1. The van der Waals surface area contributed by atoms with Crippen LogP contribution in [0, 0.1) is 4.91 Å². The maximum Gasteiger partial charge on any atom is 0.242 e. The summed E-state index contributed by atoms with van der Waals surface area (Å²) in [6.45, 7) is 1.35. The van der Waals surface area contributed by atoms with Gasteiger partial charge in [-0.25, -0.2) is 0 Å². The Balaban J connectivity index is 2.34. The molecule has 4 nitrogen and oxygen atoms in total. The second kappa shape index (κ2) is 6.61. The van der Waals surface area contributed by atoms with Gasteiger partial charge in [0.1, 0.15) is 0 Å². The Labute approximate surface area is 118 Å². The molecule has 20 heavy (non-hydrogen) atoms. The van der Waals surface area contributed by atoms with E-state index in [0.29, 0.717) is 6.42 Å². The van der Waals surface area contributed by atoms with Gasteiger partial charge in [0.2, 0.25) is 5.91 Å². The molecule has 0 fully saturated rings. The van der Waals surface area contributed by atoms with Crippen LogP contribution in [-0.4, -0.2) is 10.9 Å². The standard InChI is InChI=1S/C16H16N2O2/c1-13(19)18(17-20)16(15-10-6-3-7-11-15)12-14-8-4-2-5-9-14/h2-11,16H,12H2,1H3/t16-/m1/s1. The first-order valence-corrected chi connectivity index (χ1v) is 6.44. The second-order valence-corrected chi connectivity index (χ2v) is 4.56. The second-order valence-electron chi connectivity index (χ2n) is 4.56. The Kier molecular flexibility index (Phi) is 4.60. The van der Waals surface area contributed by atoms with Gasteiger partial charge in [-0.15, -0.1) is 4.91 Å². The Morgan fingerprint density at radius 1 is 1.05 bits per heavy atom. The molecule has 0 heterocycles. The van der Waals surface area contributed by atoms with E-state index in [1.54, 1.807) is 0 Å². The minimum absolute atomic E-state index is 0.357. The molecule has 102 valence electrons. The van der Waals surface area contributed by atoms with Crippen molar-refractivity contribution in [1.82, 2.24) is 5.01 Å². The number of nitrogens with zero attached hydrogens (tertiary/aromatic N) is 2. The topological polar surface area (TPSA) is 49.7 Å². The highest BCUT2D eigenvalue weighted by Gasteiger charge is 2.24. The number of carbonyl (C=O) groups excluding carboxylic acids is 1. The van der Waals surface area contributed by atoms with Crippen molar-refractivity contribution in [1.29, 1.82) is 0 Å². The molecule has 0 saturated carbocycles. The zero-order valence-electron chi connectivity index (χ0n) is 11.3. The summed E-state index contributed by atoms with van der Waals surface area (Å²) in [4.78, 5) is 22.6. The highest BCUT2D eigenvalue weighted by Crippen LogP contribution is 2.25. The number of rotatable bonds is 5. The van der Waals surface area contributed by atoms with Gasteiger partial charge in [-0.2, -0.15) is 5.01 Å². The van der Waals surface area contributed by atoms with Gasteiger partial charge in [-0.1, -0.05) is 60.7 Å². The van der Waals surface area contributed by atoms with Crippen molar-refractivity contribution >= 4 is 5.91 Å². The lowest BCUT2D eigenvalue weighted by Crippen LogP contribution is -2.29. The van der Waals surface area contributed by atoms with Crippen LogP contribution in [0.2, 0.25) is 0 Å². The average Bonchev–Trinajstić information content (AvgIpc) is 2.48. The SMILES string of the molecule is CC(=O)N(N=O)[C@H](Cc1ccccc1)c1ccccc1. The fraction of sp³-hybridized carbons (Fsp3) is 0.188. The first-order valence-electron chi connectivity index (χ1n) is 6.44. The van der Waals surface area contributed by atoms with E-state index in [2.05, 4.69) is 5.29 Å². The van der Waals surface area contributed by atoms with E-state index in [0.717, 1.165) is 16.1 Å². The van der Waals surface area contributed by atoms with Crippen LogP contribution < -0.4 is 0 Å². The van der Waals surface area contributed by atoms with Gasteiger partial charge in [0.05, 0.1) is 11.3 Å². The van der Waals surface area contributed by atoms with E-state index in [9.17, 15) is 9.70 Å². The molecule has 0 unspecified atom stereocenters. The van der Waals surface area contributed by atoms with Crippen molar-refractivity contribution in [2.24, 2.45) is 5.29 Å². The molecular weight excluding hydrogens is 252 g/mol. The third-order valence-corrected chi connectivity index (χ3v) is 3.16. The molecule has 0 radical (unpaired) electrons. The quantitative estimate of drug-likeness (QED) is 0.615. The predicted molar refractivity (Wildman–Crippen MR) is 77.6 cm³/mol. The Bertz CT molecular complexity index is 570. The van der Waals surface area contributed by atoms with Gasteiger partial charge in [0.15, 0.2) is 0 Å². The van der Waals surface area contributed by atoms with Crippen LogP contribution in [0.25, 0.3) is 0 Å². The van der Waals surface area contributed by atoms with Crippen molar-refractivity contribution in [3.8, 4) is 0 Å². The molecule has 0 N–H and O–H groups in total. The molecule has 0 saturated heterocycles.